The molecule has 0 aromatic carbocycles. The van der Waals surface area contributed by atoms with E-state index in [9.17, 15) is 4.79 Å². The summed E-state index contributed by atoms with van der Waals surface area (Å²) in [5, 5.41) is 7.27. The molecule has 2 heterocycles. The number of ether oxygens (including phenoxy) is 2. The summed E-state index contributed by atoms with van der Waals surface area (Å²) in [6.45, 7) is 0.828. The smallest absolute Gasteiger partial charge is 0.250 e. The molecule has 2 aromatic rings. The maximum Gasteiger partial charge on any atom is 0.250 e. The Hall–Kier alpha value is -2.15. The van der Waals surface area contributed by atoms with Crippen LogP contribution in [0.1, 0.15) is 10.4 Å². The number of nitrogens with two attached hydrogens (primary N) is 1. The van der Waals surface area contributed by atoms with Crippen molar-refractivity contribution in [1.82, 2.24) is 15.2 Å². The second kappa shape index (κ2) is 4.79. The number of hydrogen-bond donors (Lipinski definition) is 2. The summed E-state index contributed by atoms with van der Waals surface area (Å²) in [5.41, 5.74) is 6.03. The molecule has 0 aliphatic rings. The van der Waals surface area contributed by atoms with Gasteiger partial charge >= 0.3 is 0 Å². The highest BCUT2D eigenvalue weighted by atomic mass is 16.5. The van der Waals surface area contributed by atoms with E-state index < -0.39 is 5.91 Å². The van der Waals surface area contributed by atoms with E-state index >= 15 is 0 Å². The van der Waals surface area contributed by atoms with Gasteiger partial charge in [-0.2, -0.15) is 0 Å². The summed E-state index contributed by atoms with van der Waals surface area (Å²) < 4.78 is 10.2. The van der Waals surface area contributed by atoms with E-state index in [1.807, 2.05) is 0 Å². The number of fused-ring (bicyclic) bond motifs is 1. The number of hydrogen-bond acceptors (Lipinski definition) is 5. The molecule has 7 heteroatoms. The molecule has 0 bridgehead atoms. The number of methoxy groups -OCH3 is 1. The van der Waals surface area contributed by atoms with Gasteiger partial charge in [0.25, 0.3) is 0 Å². The molecule has 7 nitrogen and oxygen atoms in total. The van der Waals surface area contributed by atoms with Crippen LogP contribution in [0, 0.1) is 0 Å². The van der Waals surface area contributed by atoms with Gasteiger partial charge in [-0.3, -0.25) is 9.89 Å². The zero-order chi connectivity index (χ0) is 12.3. The Kier molecular flexibility index (Phi) is 3.20. The highest BCUT2D eigenvalue weighted by Gasteiger charge is 2.10. The van der Waals surface area contributed by atoms with Crippen molar-refractivity contribution in [3.05, 3.63) is 17.8 Å². The molecule has 2 aromatic heterocycles. The average molecular weight is 236 g/mol. The highest BCUT2D eigenvalue weighted by molar-refractivity contribution is 5.96. The summed E-state index contributed by atoms with van der Waals surface area (Å²) in [5.74, 6) is -0.156. The molecule has 0 aliphatic carbocycles. The van der Waals surface area contributed by atoms with Crippen molar-refractivity contribution < 1.29 is 14.3 Å². The van der Waals surface area contributed by atoms with Crippen LogP contribution < -0.4 is 10.5 Å². The number of nitrogens with zero attached hydrogens (tertiary/aromatic N) is 2. The van der Waals surface area contributed by atoms with Crippen molar-refractivity contribution in [2.24, 2.45) is 5.73 Å². The van der Waals surface area contributed by atoms with Crippen LogP contribution >= 0.6 is 0 Å². The number of nitrogens with one attached hydrogen (secondary N) is 1. The Morgan fingerprint density at radius 3 is 3.06 bits per heavy atom. The molecule has 0 fully saturated rings. The number of aromatic amines is 1. The minimum absolute atomic E-state index is 0.315. The van der Waals surface area contributed by atoms with Crippen LogP contribution in [0.2, 0.25) is 0 Å². The molecule has 0 atom stereocenters. The van der Waals surface area contributed by atoms with E-state index in [2.05, 4.69) is 15.2 Å². The lowest BCUT2D eigenvalue weighted by Gasteiger charge is -2.01. The van der Waals surface area contributed by atoms with E-state index in [-0.39, 0.29) is 0 Å². The van der Waals surface area contributed by atoms with Gasteiger partial charge in [-0.15, -0.1) is 5.10 Å². The summed E-state index contributed by atoms with van der Waals surface area (Å²) >= 11 is 0. The fraction of sp³-hybridized carbons (Fsp3) is 0.300. The molecule has 0 saturated heterocycles. The molecule has 0 spiro atoms. The Morgan fingerprint density at radius 1 is 1.53 bits per heavy atom. The summed E-state index contributed by atoms with van der Waals surface area (Å²) in [6.07, 6.45) is 1.39. The number of primary amides is 1. The number of aromatic nitrogens is 3. The third-order valence-electron chi connectivity index (χ3n) is 2.19. The topological polar surface area (TPSA) is 103 Å². The molecule has 0 radical (unpaired) electrons. The lowest BCUT2D eigenvalue weighted by atomic mass is 10.2. The highest BCUT2D eigenvalue weighted by Crippen LogP contribution is 2.21. The fourth-order valence-corrected chi connectivity index (χ4v) is 1.35. The van der Waals surface area contributed by atoms with Crippen LogP contribution in [0.4, 0.5) is 0 Å². The second-order valence-electron chi connectivity index (χ2n) is 3.35. The molecular formula is C10H12N4O3. The number of pyridine rings is 1. The molecule has 0 aliphatic heterocycles. The van der Waals surface area contributed by atoms with Crippen LogP contribution in [0.5, 0.6) is 5.88 Å². The number of carbonyl (C=O) groups excluding carboxylic acids is 1. The average Bonchev–Trinajstić information content (AvgIpc) is 2.72. The number of rotatable bonds is 5. The van der Waals surface area contributed by atoms with Gasteiger partial charge in [-0.25, -0.2) is 4.98 Å². The molecule has 1 amide bonds. The van der Waals surface area contributed by atoms with Gasteiger partial charge in [0.05, 0.1) is 17.6 Å². The van der Waals surface area contributed by atoms with Crippen molar-refractivity contribution >= 4 is 16.9 Å². The van der Waals surface area contributed by atoms with Crippen molar-refractivity contribution in [2.75, 3.05) is 20.3 Å². The lowest BCUT2D eigenvalue weighted by Crippen LogP contribution is -2.11. The van der Waals surface area contributed by atoms with E-state index in [0.717, 1.165) is 0 Å². The first-order chi connectivity index (χ1) is 8.22. The van der Waals surface area contributed by atoms with Crippen LogP contribution in [-0.4, -0.2) is 41.4 Å². The predicted molar refractivity (Wildman–Crippen MR) is 59.8 cm³/mol. The van der Waals surface area contributed by atoms with Crippen molar-refractivity contribution in [3.8, 4) is 5.88 Å². The summed E-state index contributed by atoms with van der Waals surface area (Å²) in [6, 6.07) is 1.59. The predicted octanol–water partition coefficient (Wildman–Crippen LogP) is 0.0820. The second-order valence-corrected chi connectivity index (χ2v) is 3.35. The molecule has 3 N–H and O–H groups in total. The molecule has 0 saturated carbocycles. The van der Waals surface area contributed by atoms with E-state index in [0.29, 0.717) is 35.7 Å². The third kappa shape index (κ3) is 2.34. The Balaban J connectivity index is 2.30. The molecule has 0 unspecified atom stereocenters. The Labute approximate surface area is 96.9 Å². The molecular weight excluding hydrogens is 224 g/mol. The molecule has 2 rings (SSSR count). The Morgan fingerprint density at radius 2 is 2.35 bits per heavy atom. The van der Waals surface area contributed by atoms with Crippen molar-refractivity contribution in [3.63, 3.8) is 0 Å². The SMILES string of the molecule is COCCOc1n[nH]c2ncc(C(N)=O)cc12. The molecule has 17 heavy (non-hydrogen) atoms. The minimum Gasteiger partial charge on any atom is -0.474 e. The maximum absolute atomic E-state index is 11.0. The Bertz CT molecular complexity index is 537. The van der Waals surface area contributed by atoms with Gasteiger partial charge in [-0.05, 0) is 6.07 Å². The first-order valence-corrected chi connectivity index (χ1v) is 4.98. The number of H-pyrrole nitrogens is 1. The minimum atomic E-state index is -0.538. The van der Waals surface area contributed by atoms with Crippen LogP contribution in [0.3, 0.4) is 0 Å². The summed E-state index contributed by atoms with van der Waals surface area (Å²) in [7, 11) is 1.58. The van der Waals surface area contributed by atoms with Gasteiger partial charge in [0.15, 0.2) is 5.65 Å². The third-order valence-corrected chi connectivity index (χ3v) is 2.19. The largest absolute Gasteiger partial charge is 0.474 e. The monoisotopic (exact) mass is 236 g/mol. The van der Waals surface area contributed by atoms with E-state index in [1.165, 1.54) is 6.20 Å². The van der Waals surface area contributed by atoms with E-state index in [1.54, 1.807) is 13.2 Å². The van der Waals surface area contributed by atoms with Crippen molar-refractivity contribution in [1.29, 1.82) is 0 Å². The summed E-state index contributed by atoms with van der Waals surface area (Å²) in [4.78, 5) is 15.1. The molecule has 90 valence electrons. The quantitative estimate of drug-likeness (QED) is 0.715. The van der Waals surface area contributed by atoms with Gasteiger partial charge in [0.2, 0.25) is 11.8 Å². The maximum atomic E-state index is 11.0. The normalized spacial score (nSPS) is 10.6. The standard InChI is InChI=1S/C10H12N4O3/c1-16-2-3-17-10-7-4-6(8(11)15)5-12-9(7)13-14-10/h4-5H,2-3H2,1H3,(H2,11,15)(H,12,13,14). The van der Waals surface area contributed by atoms with Crippen LogP contribution in [0.15, 0.2) is 12.3 Å². The zero-order valence-electron chi connectivity index (χ0n) is 9.27. The van der Waals surface area contributed by atoms with Crippen molar-refractivity contribution in [2.45, 2.75) is 0 Å². The van der Waals surface area contributed by atoms with Gasteiger partial charge in [0.1, 0.15) is 6.61 Å². The zero-order valence-corrected chi connectivity index (χ0v) is 9.27. The van der Waals surface area contributed by atoms with Gasteiger partial charge in [-0.1, -0.05) is 0 Å². The van der Waals surface area contributed by atoms with Gasteiger partial charge in [0, 0.05) is 13.3 Å². The lowest BCUT2D eigenvalue weighted by molar-refractivity contribution is 0.1000. The number of amides is 1. The van der Waals surface area contributed by atoms with Crippen LogP contribution in [-0.2, 0) is 4.74 Å². The first kappa shape index (κ1) is 11.3. The first-order valence-electron chi connectivity index (χ1n) is 4.98. The van der Waals surface area contributed by atoms with Gasteiger partial charge < -0.3 is 15.2 Å². The fourth-order valence-electron chi connectivity index (χ4n) is 1.35. The van der Waals surface area contributed by atoms with E-state index in [4.69, 9.17) is 15.2 Å². The number of carbonyl (C=O) groups is 1. The van der Waals surface area contributed by atoms with Crippen LogP contribution in [0.25, 0.3) is 11.0 Å².